The van der Waals surface area contributed by atoms with Crippen molar-refractivity contribution < 1.29 is 9.53 Å². The lowest BCUT2D eigenvalue weighted by molar-refractivity contribution is 0.0924. The fourth-order valence-corrected chi connectivity index (χ4v) is 3.74. The van der Waals surface area contributed by atoms with Crippen molar-refractivity contribution in [3.05, 3.63) is 59.2 Å². The zero-order valence-corrected chi connectivity index (χ0v) is 13.4. The van der Waals surface area contributed by atoms with Gasteiger partial charge >= 0.3 is 0 Å². The molecule has 0 spiro atoms. The smallest absolute Gasteiger partial charge is 0.255 e. The van der Waals surface area contributed by atoms with Crippen molar-refractivity contribution in [2.45, 2.75) is 25.4 Å². The molecule has 118 valence electrons. The summed E-state index contributed by atoms with van der Waals surface area (Å²) in [5.74, 6) is 1.27. The van der Waals surface area contributed by atoms with Crippen molar-refractivity contribution in [1.29, 1.82) is 0 Å². The van der Waals surface area contributed by atoms with E-state index in [-0.39, 0.29) is 12.1 Å². The number of rotatable bonds is 2. The summed E-state index contributed by atoms with van der Waals surface area (Å²) in [6.07, 6.45) is 0.901. The molecule has 4 rings (SSSR count). The summed E-state index contributed by atoms with van der Waals surface area (Å²) in [4.78, 5) is 14.9. The molecule has 2 atom stereocenters. The number of hydrogen-bond donors (Lipinski definition) is 1. The van der Waals surface area contributed by atoms with Gasteiger partial charge in [-0.1, -0.05) is 37.3 Å². The summed E-state index contributed by atoms with van der Waals surface area (Å²) in [5, 5.41) is 3.15. The van der Waals surface area contributed by atoms with E-state index in [4.69, 9.17) is 4.74 Å². The van der Waals surface area contributed by atoms with Gasteiger partial charge in [-0.25, -0.2) is 0 Å². The van der Waals surface area contributed by atoms with Gasteiger partial charge in [-0.05, 0) is 30.0 Å². The Bertz CT molecular complexity index is 772. The van der Waals surface area contributed by atoms with Gasteiger partial charge in [-0.3, -0.25) is 4.79 Å². The van der Waals surface area contributed by atoms with Crippen molar-refractivity contribution in [2.75, 3.05) is 18.6 Å². The molecule has 0 aromatic heterocycles. The Kier molecular flexibility index (Phi) is 3.26. The Labute approximate surface area is 136 Å². The number of amides is 1. The molecule has 2 aliphatic rings. The molecule has 0 fully saturated rings. The fourth-order valence-electron chi connectivity index (χ4n) is 3.74. The van der Waals surface area contributed by atoms with Crippen molar-refractivity contribution in [3.63, 3.8) is 0 Å². The Morgan fingerprint density at radius 1 is 1.13 bits per heavy atom. The molecular formula is C19H20N2O2. The molecule has 0 saturated heterocycles. The van der Waals surface area contributed by atoms with Crippen LogP contribution in [0.25, 0.3) is 0 Å². The molecule has 0 unspecified atom stereocenters. The van der Waals surface area contributed by atoms with Gasteiger partial charge in [-0.15, -0.1) is 0 Å². The number of carbonyl (C=O) groups excluding carboxylic acids is 1. The van der Waals surface area contributed by atoms with E-state index in [0.717, 1.165) is 35.5 Å². The molecule has 4 heteroatoms. The zero-order valence-electron chi connectivity index (χ0n) is 13.4. The number of hydrogen-bond acceptors (Lipinski definition) is 3. The second kappa shape index (κ2) is 5.30. The summed E-state index contributed by atoms with van der Waals surface area (Å²) in [6.45, 7) is 3.16. The summed E-state index contributed by atoms with van der Waals surface area (Å²) in [6, 6.07) is 13.9. The standard InChI is InChI=1S/C19H20N2O2/c1-12-10-11-21-17-13(12)7-5-8-15(17)19(22)20-18(21)14-6-3-4-9-16(14)23-2/h3-9,12,18H,10-11H2,1-2H3,(H,20,22)/t12-,18-/m0/s1. The van der Waals surface area contributed by atoms with E-state index in [9.17, 15) is 4.79 Å². The molecule has 1 amide bonds. The molecule has 1 N–H and O–H groups in total. The Hall–Kier alpha value is -2.49. The van der Waals surface area contributed by atoms with Gasteiger partial charge in [0.1, 0.15) is 11.9 Å². The van der Waals surface area contributed by atoms with Crippen LogP contribution < -0.4 is 15.0 Å². The maximum Gasteiger partial charge on any atom is 0.255 e. The second-order valence-electron chi connectivity index (χ2n) is 6.24. The minimum atomic E-state index is -0.181. The molecule has 0 aliphatic carbocycles. The predicted molar refractivity (Wildman–Crippen MR) is 90.0 cm³/mol. The van der Waals surface area contributed by atoms with Gasteiger partial charge in [0, 0.05) is 12.1 Å². The maximum atomic E-state index is 12.6. The molecule has 2 aliphatic heterocycles. The number of para-hydroxylation sites is 2. The highest BCUT2D eigenvalue weighted by atomic mass is 16.5. The average Bonchev–Trinajstić information content (AvgIpc) is 2.60. The third-order valence-corrected chi connectivity index (χ3v) is 4.95. The molecule has 2 aromatic rings. The lowest BCUT2D eigenvalue weighted by atomic mass is 9.87. The Morgan fingerprint density at radius 2 is 1.91 bits per heavy atom. The minimum absolute atomic E-state index is 0.0110. The lowest BCUT2D eigenvalue weighted by Gasteiger charge is -2.44. The third-order valence-electron chi connectivity index (χ3n) is 4.95. The molecule has 0 saturated carbocycles. The minimum Gasteiger partial charge on any atom is -0.496 e. The highest BCUT2D eigenvalue weighted by molar-refractivity contribution is 6.03. The van der Waals surface area contributed by atoms with Crippen LogP contribution in [0.3, 0.4) is 0 Å². The summed E-state index contributed by atoms with van der Waals surface area (Å²) >= 11 is 0. The molecule has 2 aromatic carbocycles. The molecule has 0 radical (unpaired) electrons. The predicted octanol–water partition coefficient (Wildman–Crippen LogP) is 3.45. The number of nitrogens with zero attached hydrogens (tertiary/aromatic N) is 1. The monoisotopic (exact) mass is 308 g/mol. The Balaban J connectivity index is 1.88. The van der Waals surface area contributed by atoms with E-state index in [1.807, 2.05) is 36.4 Å². The first kappa shape index (κ1) is 14.1. The van der Waals surface area contributed by atoms with Crippen LogP contribution in [-0.2, 0) is 0 Å². The van der Waals surface area contributed by atoms with E-state index in [1.165, 1.54) is 5.56 Å². The van der Waals surface area contributed by atoms with E-state index < -0.39 is 0 Å². The average molecular weight is 308 g/mol. The van der Waals surface area contributed by atoms with Crippen LogP contribution in [0.15, 0.2) is 42.5 Å². The summed E-state index contributed by atoms with van der Waals surface area (Å²) in [7, 11) is 1.67. The molecule has 0 bridgehead atoms. The zero-order chi connectivity index (χ0) is 16.0. The van der Waals surface area contributed by atoms with Crippen molar-refractivity contribution in [3.8, 4) is 5.75 Å². The highest BCUT2D eigenvalue weighted by Gasteiger charge is 2.37. The summed E-state index contributed by atoms with van der Waals surface area (Å²) in [5.41, 5.74) is 4.13. The number of methoxy groups -OCH3 is 1. The van der Waals surface area contributed by atoms with Crippen LogP contribution in [0.1, 0.15) is 46.9 Å². The van der Waals surface area contributed by atoms with Crippen LogP contribution in [0.2, 0.25) is 0 Å². The van der Waals surface area contributed by atoms with Gasteiger partial charge in [0.2, 0.25) is 0 Å². The maximum absolute atomic E-state index is 12.6. The first-order valence-electron chi connectivity index (χ1n) is 8.04. The van der Waals surface area contributed by atoms with Gasteiger partial charge in [-0.2, -0.15) is 0 Å². The quantitative estimate of drug-likeness (QED) is 0.924. The van der Waals surface area contributed by atoms with E-state index in [2.05, 4.69) is 23.2 Å². The SMILES string of the molecule is COc1ccccc1[C@H]1NC(=O)c2cccc3c2N1CC[C@@H]3C. The van der Waals surface area contributed by atoms with Crippen LogP contribution >= 0.6 is 0 Å². The van der Waals surface area contributed by atoms with Crippen LogP contribution in [0, 0.1) is 0 Å². The normalized spacial score (nSPS) is 22.3. The molecule has 23 heavy (non-hydrogen) atoms. The number of carbonyl (C=O) groups is 1. The molecule has 2 heterocycles. The number of nitrogens with one attached hydrogen (secondary N) is 1. The van der Waals surface area contributed by atoms with Crippen LogP contribution in [0.5, 0.6) is 5.75 Å². The van der Waals surface area contributed by atoms with Gasteiger partial charge in [0.25, 0.3) is 5.91 Å². The van der Waals surface area contributed by atoms with E-state index in [1.54, 1.807) is 7.11 Å². The number of anilines is 1. The van der Waals surface area contributed by atoms with Gasteiger partial charge < -0.3 is 15.0 Å². The van der Waals surface area contributed by atoms with E-state index in [0.29, 0.717) is 5.92 Å². The Morgan fingerprint density at radius 3 is 2.74 bits per heavy atom. The van der Waals surface area contributed by atoms with Crippen LogP contribution in [0.4, 0.5) is 5.69 Å². The topological polar surface area (TPSA) is 41.6 Å². The van der Waals surface area contributed by atoms with Crippen molar-refractivity contribution >= 4 is 11.6 Å². The van der Waals surface area contributed by atoms with Gasteiger partial charge in [0.15, 0.2) is 0 Å². The van der Waals surface area contributed by atoms with Gasteiger partial charge in [0.05, 0.1) is 18.4 Å². The van der Waals surface area contributed by atoms with E-state index >= 15 is 0 Å². The second-order valence-corrected chi connectivity index (χ2v) is 6.24. The fraction of sp³-hybridized carbons (Fsp3) is 0.316. The largest absolute Gasteiger partial charge is 0.496 e. The molecular weight excluding hydrogens is 288 g/mol. The van der Waals surface area contributed by atoms with Crippen molar-refractivity contribution in [2.24, 2.45) is 0 Å². The highest BCUT2D eigenvalue weighted by Crippen LogP contribution is 2.44. The number of ether oxygens (including phenoxy) is 1. The third kappa shape index (κ3) is 2.09. The van der Waals surface area contributed by atoms with Crippen molar-refractivity contribution in [1.82, 2.24) is 5.32 Å². The first-order valence-corrected chi connectivity index (χ1v) is 8.04. The number of benzene rings is 2. The first-order chi connectivity index (χ1) is 11.2. The summed E-state index contributed by atoms with van der Waals surface area (Å²) < 4.78 is 5.51. The van der Waals surface area contributed by atoms with Crippen LogP contribution in [-0.4, -0.2) is 19.6 Å². The lowest BCUT2D eigenvalue weighted by Crippen LogP contribution is -2.49. The molecule has 4 nitrogen and oxygen atoms in total.